The van der Waals surface area contributed by atoms with Crippen LogP contribution < -0.4 is 0 Å². The first-order valence-corrected chi connectivity index (χ1v) is 11.4. The molecule has 31 heavy (non-hydrogen) atoms. The Morgan fingerprint density at radius 1 is 1.03 bits per heavy atom. The monoisotopic (exact) mass is 442 g/mol. The van der Waals surface area contributed by atoms with E-state index in [1.165, 1.54) is 23.1 Å². The Morgan fingerprint density at radius 3 is 2.39 bits per heavy atom. The molecule has 5 nitrogen and oxygen atoms in total. The van der Waals surface area contributed by atoms with Crippen LogP contribution in [0.5, 0.6) is 0 Å². The summed E-state index contributed by atoms with van der Waals surface area (Å²) >= 11 is 0. The highest BCUT2D eigenvalue weighted by Gasteiger charge is 2.31. The van der Waals surface area contributed by atoms with Crippen LogP contribution in [0.4, 0.5) is 8.78 Å². The molecule has 0 radical (unpaired) electrons. The van der Waals surface area contributed by atoms with E-state index in [9.17, 15) is 22.0 Å². The van der Waals surface area contributed by atoms with Gasteiger partial charge in [0.15, 0.2) is 21.5 Å². The summed E-state index contributed by atoms with van der Waals surface area (Å²) in [6.07, 6.45) is 5.23. The second-order valence-electron chi connectivity index (χ2n) is 7.39. The Hall–Kier alpha value is -3.26. The lowest BCUT2D eigenvalue weighted by Gasteiger charge is -2.28. The van der Waals surface area contributed by atoms with Gasteiger partial charge in [0.05, 0.1) is 18.2 Å². The van der Waals surface area contributed by atoms with E-state index < -0.39 is 27.5 Å². The summed E-state index contributed by atoms with van der Waals surface area (Å²) in [6, 6.07) is 14.2. The van der Waals surface area contributed by atoms with Crippen molar-refractivity contribution in [1.29, 1.82) is 0 Å². The minimum atomic E-state index is -3.43. The van der Waals surface area contributed by atoms with Crippen molar-refractivity contribution in [3.63, 3.8) is 0 Å². The molecule has 1 atom stereocenters. The Labute approximate surface area is 179 Å². The fourth-order valence-electron chi connectivity index (χ4n) is 3.57. The van der Waals surface area contributed by atoms with Crippen molar-refractivity contribution in [1.82, 2.24) is 9.47 Å². The van der Waals surface area contributed by atoms with Crippen molar-refractivity contribution in [2.24, 2.45) is 0 Å². The average Bonchev–Trinajstić information content (AvgIpc) is 3.39. The first-order valence-electron chi connectivity index (χ1n) is 9.68. The SMILES string of the molecule is O=C(Cc1ccc(-n2cccc2)cc1)N(Cc1cccc(F)c1F)C1C=CS(=O)(=O)C1. The normalized spacial score (nSPS) is 17.0. The molecule has 1 aromatic heterocycles. The minimum Gasteiger partial charge on any atom is -0.330 e. The molecule has 8 heteroatoms. The first kappa shape index (κ1) is 21.0. The van der Waals surface area contributed by atoms with E-state index >= 15 is 0 Å². The number of carbonyl (C=O) groups excluding carboxylic acids is 1. The van der Waals surface area contributed by atoms with Crippen LogP contribution in [0, 0.1) is 11.6 Å². The molecule has 3 aromatic rings. The van der Waals surface area contributed by atoms with Crippen LogP contribution in [-0.2, 0) is 27.6 Å². The zero-order valence-corrected chi connectivity index (χ0v) is 17.3. The van der Waals surface area contributed by atoms with Crippen molar-refractivity contribution >= 4 is 15.7 Å². The number of carbonyl (C=O) groups is 1. The lowest BCUT2D eigenvalue weighted by Crippen LogP contribution is -2.41. The molecule has 1 aliphatic rings. The van der Waals surface area contributed by atoms with Gasteiger partial charge in [-0.1, -0.05) is 24.3 Å². The number of benzene rings is 2. The van der Waals surface area contributed by atoms with Crippen molar-refractivity contribution in [3.8, 4) is 5.69 Å². The van der Waals surface area contributed by atoms with Gasteiger partial charge in [0, 0.05) is 35.6 Å². The van der Waals surface area contributed by atoms with Gasteiger partial charge in [-0.15, -0.1) is 0 Å². The summed E-state index contributed by atoms with van der Waals surface area (Å²) in [6.45, 7) is -0.228. The van der Waals surface area contributed by atoms with E-state index in [1.54, 1.807) is 0 Å². The van der Waals surface area contributed by atoms with Crippen molar-refractivity contribution in [2.75, 3.05) is 5.75 Å². The van der Waals surface area contributed by atoms with Crippen molar-refractivity contribution in [2.45, 2.75) is 19.0 Å². The number of sulfone groups is 1. The number of halogens is 2. The lowest BCUT2D eigenvalue weighted by molar-refractivity contribution is -0.132. The highest BCUT2D eigenvalue weighted by Crippen LogP contribution is 2.21. The van der Waals surface area contributed by atoms with E-state index in [2.05, 4.69) is 0 Å². The minimum absolute atomic E-state index is 0.00555. The Balaban J connectivity index is 1.56. The third-order valence-corrected chi connectivity index (χ3v) is 6.58. The smallest absolute Gasteiger partial charge is 0.227 e. The number of aromatic nitrogens is 1. The zero-order valence-electron chi connectivity index (χ0n) is 16.5. The molecule has 0 saturated carbocycles. The van der Waals surface area contributed by atoms with E-state index in [1.807, 2.05) is 53.4 Å². The summed E-state index contributed by atoms with van der Waals surface area (Å²) in [4.78, 5) is 14.4. The Morgan fingerprint density at radius 2 is 1.74 bits per heavy atom. The van der Waals surface area contributed by atoms with Gasteiger partial charge in [-0.3, -0.25) is 4.79 Å². The van der Waals surface area contributed by atoms with Crippen LogP contribution in [0.1, 0.15) is 11.1 Å². The largest absolute Gasteiger partial charge is 0.330 e. The quantitative estimate of drug-likeness (QED) is 0.586. The highest BCUT2D eigenvalue weighted by molar-refractivity contribution is 7.94. The maximum Gasteiger partial charge on any atom is 0.227 e. The van der Waals surface area contributed by atoms with Crippen LogP contribution >= 0.6 is 0 Å². The number of nitrogens with zero attached hydrogens (tertiary/aromatic N) is 2. The molecular formula is C23H20F2N2O3S. The molecule has 0 fully saturated rings. The second kappa shape index (κ2) is 8.47. The molecule has 0 aliphatic carbocycles. The standard InChI is InChI=1S/C23H20F2N2O3S/c24-21-5-3-4-18(23(21)25)15-27(20-10-13-31(29,30)16-20)22(28)14-17-6-8-19(9-7-17)26-11-1-2-12-26/h1-13,20H,14-16H2. The van der Waals surface area contributed by atoms with Crippen molar-refractivity contribution in [3.05, 3.63) is 101 Å². The predicted molar refractivity (Wildman–Crippen MR) is 113 cm³/mol. The first-order chi connectivity index (χ1) is 14.8. The van der Waals surface area contributed by atoms with Gasteiger partial charge in [0.2, 0.25) is 5.91 Å². The van der Waals surface area contributed by atoms with E-state index in [4.69, 9.17) is 0 Å². The summed E-state index contributed by atoms with van der Waals surface area (Å²) in [5.41, 5.74) is 1.66. The second-order valence-corrected chi connectivity index (χ2v) is 9.32. The molecular weight excluding hydrogens is 422 g/mol. The fraction of sp³-hybridized carbons (Fsp3) is 0.174. The van der Waals surface area contributed by atoms with Gasteiger partial charge in [-0.2, -0.15) is 0 Å². The predicted octanol–water partition coefficient (Wildman–Crippen LogP) is 3.64. The molecule has 0 N–H and O–H groups in total. The number of hydrogen-bond acceptors (Lipinski definition) is 3. The zero-order chi connectivity index (χ0) is 22.0. The number of amides is 1. The van der Waals surface area contributed by atoms with Gasteiger partial charge in [-0.05, 0) is 42.0 Å². The van der Waals surface area contributed by atoms with Gasteiger partial charge < -0.3 is 9.47 Å². The molecule has 0 bridgehead atoms. The summed E-state index contributed by atoms with van der Waals surface area (Å²) < 4.78 is 53.6. The van der Waals surface area contributed by atoms with Crippen molar-refractivity contribution < 1.29 is 22.0 Å². The lowest BCUT2D eigenvalue weighted by atomic mass is 10.1. The van der Waals surface area contributed by atoms with Gasteiger partial charge in [-0.25, -0.2) is 17.2 Å². The number of rotatable bonds is 6. The van der Waals surface area contributed by atoms with Crippen LogP contribution in [0.25, 0.3) is 5.69 Å². The van der Waals surface area contributed by atoms with Gasteiger partial charge >= 0.3 is 0 Å². The van der Waals surface area contributed by atoms with Crippen LogP contribution in [0.2, 0.25) is 0 Å². The maximum atomic E-state index is 14.2. The Bertz CT molecular complexity index is 1220. The third kappa shape index (κ3) is 4.74. The topological polar surface area (TPSA) is 59.4 Å². The third-order valence-electron chi connectivity index (χ3n) is 5.20. The summed E-state index contributed by atoms with van der Waals surface area (Å²) in [5.74, 6) is -2.70. The molecule has 0 spiro atoms. The van der Waals surface area contributed by atoms with Crippen LogP contribution in [0.15, 0.2) is 78.5 Å². The molecule has 1 amide bonds. The molecule has 2 heterocycles. The molecule has 0 saturated heterocycles. The average molecular weight is 442 g/mol. The van der Waals surface area contributed by atoms with E-state index in [0.717, 1.165) is 22.7 Å². The van der Waals surface area contributed by atoms with Gasteiger partial charge in [0.25, 0.3) is 0 Å². The molecule has 2 aromatic carbocycles. The van der Waals surface area contributed by atoms with Crippen LogP contribution in [0.3, 0.4) is 0 Å². The van der Waals surface area contributed by atoms with E-state index in [0.29, 0.717) is 0 Å². The van der Waals surface area contributed by atoms with Crippen LogP contribution in [-0.4, -0.2) is 35.6 Å². The summed E-state index contributed by atoms with van der Waals surface area (Å²) in [7, 11) is -3.43. The fourth-order valence-corrected chi connectivity index (χ4v) is 4.87. The Kier molecular flexibility index (Phi) is 5.73. The molecule has 4 rings (SSSR count). The number of hydrogen-bond donors (Lipinski definition) is 0. The molecule has 160 valence electrons. The summed E-state index contributed by atoms with van der Waals surface area (Å²) in [5, 5.41) is 1.06. The maximum absolute atomic E-state index is 14.2. The highest BCUT2D eigenvalue weighted by atomic mass is 32.2. The van der Waals surface area contributed by atoms with Gasteiger partial charge in [0.1, 0.15) is 0 Å². The van der Waals surface area contributed by atoms with E-state index in [-0.39, 0.29) is 30.2 Å². The molecule has 1 unspecified atom stereocenters. The molecule has 1 aliphatic heterocycles.